The molecule has 4 atom stereocenters. The summed E-state index contributed by atoms with van der Waals surface area (Å²) in [5.74, 6) is 0.565. The zero-order chi connectivity index (χ0) is 24.3. The number of ether oxygens (including phenoxy) is 3. The van der Waals surface area contributed by atoms with Crippen molar-refractivity contribution in [1.29, 1.82) is 0 Å². The highest BCUT2D eigenvalue weighted by molar-refractivity contribution is 5.75. The van der Waals surface area contributed by atoms with Crippen LogP contribution >= 0.6 is 0 Å². The number of rotatable bonds is 10. The third-order valence-corrected chi connectivity index (χ3v) is 7.36. The Bertz CT molecular complexity index is 995. The number of hydrogen-bond donors (Lipinski definition) is 2. The molecule has 2 aromatic carbocycles. The van der Waals surface area contributed by atoms with Gasteiger partial charge in [-0.1, -0.05) is 32.0 Å². The average molecular weight is 469 g/mol. The lowest BCUT2D eigenvalue weighted by Gasteiger charge is -2.42. The van der Waals surface area contributed by atoms with Gasteiger partial charge in [-0.25, -0.2) is 0 Å². The van der Waals surface area contributed by atoms with Gasteiger partial charge < -0.3 is 24.6 Å². The fourth-order valence-electron chi connectivity index (χ4n) is 5.77. The first-order valence-electron chi connectivity index (χ1n) is 12.2. The highest BCUT2D eigenvalue weighted by Crippen LogP contribution is 2.53. The van der Waals surface area contributed by atoms with Crippen molar-refractivity contribution < 1.29 is 24.1 Å². The molecule has 0 bridgehead atoms. The van der Waals surface area contributed by atoms with Gasteiger partial charge in [0.2, 0.25) is 6.79 Å². The first-order valence-corrected chi connectivity index (χ1v) is 12.2. The topological polar surface area (TPSA) is 80.3 Å². The van der Waals surface area contributed by atoms with Gasteiger partial charge in [-0.3, -0.25) is 9.69 Å². The number of methoxy groups -OCH3 is 1. The number of carbonyl (C=O) groups is 1. The Hall–Kier alpha value is -2.77. The van der Waals surface area contributed by atoms with Crippen LogP contribution in [0.15, 0.2) is 42.5 Å². The van der Waals surface area contributed by atoms with Crippen molar-refractivity contribution in [3.63, 3.8) is 0 Å². The van der Waals surface area contributed by atoms with Crippen molar-refractivity contribution in [3.8, 4) is 17.2 Å². The quantitative estimate of drug-likeness (QED) is 0.540. The Morgan fingerprint density at radius 3 is 2.59 bits per heavy atom. The minimum absolute atomic E-state index is 0.188. The molecule has 2 aliphatic heterocycles. The fourth-order valence-corrected chi connectivity index (χ4v) is 5.77. The summed E-state index contributed by atoms with van der Waals surface area (Å²) in [5.41, 5.74) is 1.33. The van der Waals surface area contributed by atoms with Crippen molar-refractivity contribution in [3.05, 3.63) is 53.6 Å². The molecule has 7 heteroatoms. The molecule has 1 fully saturated rings. The number of likely N-dealkylation sites (tertiary alicyclic amines) is 1. The Kier molecular flexibility index (Phi) is 7.33. The van der Waals surface area contributed by atoms with Crippen LogP contribution in [0.4, 0.5) is 0 Å². The first-order chi connectivity index (χ1) is 16.4. The Balaban J connectivity index is 1.79. The van der Waals surface area contributed by atoms with E-state index in [1.807, 2.05) is 42.5 Å². The number of hydrogen-bond acceptors (Lipinski definition) is 6. The van der Waals surface area contributed by atoms with Gasteiger partial charge in [-0.05, 0) is 61.7 Å². The molecule has 2 N–H and O–H groups in total. The van der Waals surface area contributed by atoms with Crippen LogP contribution in [-0.4, -0.2) is 55.6 Å². The van der Waals surface area contributed by atoms with E-state index >= 15 is 0 Å². The summed E-state index contributed by atoms with van der Waals surface area (Å²) in [6.45, 7) is 8.96. The third-order valence-electron chi connectivity index (χ3n) is 7.36. The van der Waals surface area contributed by atoms with E-state index in [1.54, 1.807) is 7.11 Å². The van der Waals surface area contributed by atoms with Crippen LogP contribution in [0.2, 0.25) is 0 Å². The molecule has 2 heterocycles. The zero-order valence-electron chi connectivity index (χ0n) is 20.5. The first kappa shape index (κ1) is 24.4. The summed E-state index contributed by atoms with van der Waals surface area (Å²) in [5, 5.41) is 14.2. The molecule has 184 valence electrons. The number of carboxylic acids is 1. The van der Waals surface area contributed by atoms with Gasteiger partial charge in [0.1, 0.15) is 5.75 Å². The predicted molar refractivity (Wildman–Crippen MR) is 131 cm³/mol. The summed E-state index contributed by atoms with van der Waals surface area (Å²) < 4.78 is 16.5. The molecule has 1 saturated heterocycles. The molecular weight excluding hydrogens is 432 g/mol. The minimum Gasteiger partial charge on any atom is -0.497 e. The monoisotopic (exact) mass is 468 g/mol. The van der Waals surface area contributed by atoms with Crippen molar-refractivity contribution in [2.75, 3.05) is 33.5 Å². The lowest BCUT2D eigenvalue weighted by atomic mass is 9.71. The third kappa shape index (κ3) is 4.34. The van der Waals surface area contributed by atoms with E-state index in [1.165, 1.54) is 0 Å². The lowest BCUT2D eigenvalue weighted by molar-refractivity contribution is -0.146. The molecule has 0 saturated carbocycles. The number of nitrogens with one attached hydrogen (secondary N) is 1. The van der Waals surface area contributed by atoms with Gasteiger partial charge in [-0.2, -0.15) is 0 Å². The molecule has 4 unspecified atom stereocenters. The lowest BCUT2D eigenvalue weighted by Crippen LogP contribution is -2.51. The SMILES string of the molecule is CCCNC(C)CN1CC(c2ccc3c(c2)OCO3)C(C(=O)O)C1(CC)c1ccc(OC)cc1. The van der Waals surface area contributed by atoms with Crippen LogP contribution in [-0.2, 0) is 10.3 Å². The van der Waals surface area contributed by atoms with E-state index in [9.17, 15) is 9.90 Å². The van der Waals surface area contributed by atoms with Gasteiger partial charge in [0, 0.05) is 25.0 Å². The predicted octanol–water partition coefficient (Wildman–Crippen LogP) is 4.22. The number of nitrogens with zero attached hydrogens (tertiary/aromatic N) is 1. The molecule has 2 aromatic rings. The number of fused-ring (bicyclic) bond motifs is 1. The molecule has 0 aromatic heterocycles. The summed E-state index contributed by atoms with van der Waals surface area (Å²) in [6, 6.07) is 14.0. The van der Waals surface area contributed by atoms with Crippen molar-refractivity contribution >= 4 is 5.97 Å². The van der Waals surface area contributed by atoms with Crippen molar-refractivity contribution in [2.24, 2.45) is 5.92 Å². The molecule has 0 radical (unpaired) electrons. The molecular formula is C27H36N2O5. The second-order valence-corrected chi connectivity index (χ2v) is 9.30. The van der Waals surface area contributed by atoms with E-state index in [0.29, 0.717) is 24.5 Å². The molecule has 4 rings (SSSR count). The summed E-state index contributed by atoms with van der Waals surface area (Å²) in [4.78, 5) is 15.4. The molecule has 7 nitrogen and oxygen atoms in total. The van der Waals surface area contributed by atoms with E-state index < -0.39 is 17.4 Å². The Labute approximate surface area is 202 Å². The minimum atomic E-state index is -0.781. The van der Waals surface area contributed by atoms with Crippen LogP contribution in [0.25, 0.3) is 0 Å². The van der Waals surface area contributed by atoms with Gasteiger partial charge >= 0.3 is 5.97 Å². The number of carboxylic acid groups (broad SMARTS) is 1. The van der Waals surface area contributed by atoms with Gasteiger partial charge in [0.15, 0.2) is 11.5 Å². The van der Waals surface area contributed by atoms with E-state index in [0.717, 1.165) is 36.4 Å². The van der Waals surface area contributed by atoms with Crippen LogP contribution in [0.3, 0.4) is 0 Å². The molecule has 0 spiro atoms. The van der Waals surface area contributed by atoms with Crippen molar-refractivity contribution in [2.45, 2.75) is 51.1 Å². The van der Waals surface area contributed by atoms with Crippen molar-refractivity contribution in [1.82, 2.24) is 10.2 Å². The Morgan fingerprint density at radius 2 is 1.94 bits per heavy atom. The molecule has 0 amide bonds. The number of benzene rings is 2. The van der Waals surface area contributed by atoms with E-state index in [2.05, 4.69) is 31.0 Å². The highest BCUT2D eigenvalue weighted by atomic mass is 16.7. The zero-order valence-corrected chi connectivity index (χ0v) is 20.5. The van der Waals surface area contributed by atoms with Crippen LogP contribution in [0.5, 0.6) is 17.2 Å². The second-order valence-electron chi connectivity index (χ2n) is 9.30. The maximum absolute atomic E-state index is 13.0. The van der Waals surface area contributed by atoms with Crippen LogP contribution < -0.4 is 19.5 Å². The Morgan fingerprint density at radius 1 is 1.21 bits per heavy atom. The van der Waals surface area contributed by atoms with E-state index in [-0.39, 0.29) is 18.8 Å². The largest absolute Gasteiger partial charge is 0.497 e. The molecule has 2 aliphatic rings. The molecule has 34 heavy (non-hydrogen) atoms. The summed E-state index contributed by atoms with van der Waals surface area (Å²) in [7, 11) is 1.64. The summed E-state index contributed by atoms with van der Waals surface area (Å²) in [6.07, 6.45) is 1.73. The smallest absolute Gasteiger partial charge is 0.309 e. The standard InChI is InChI=1S/C27H36N2O5/c1-5-13-28-18(3)15-29-16-22(19-7-12-23-24(14-19)34-17-33-23)25(26(30)31)27(29,6-2)20-8-10-21(32-4)11-9-20/h7-12,14,18,22,25,28H,5-6,13,15-17H2,1-4H3,(H,30,31). The normalized spacial score (nSPS) is 24.8. The number of aliphatic carboxylic acids is 1. The average Bonchev–Trinajstić information content (AvgIpc) is 3.45. The van der Waals surface area contributed by atoms with Gasteiger partial charge in [0.25, 0.3) is 0 Å². The highest BCUT2D eigenvalue weighted by Gasteiger charge is 2.57. The van der Waals surface area contributed by atoms with E-state index in [4.69, 9.17) is 14.2 Å². The fraction of sp³-hybridized carbons (Fsp3) is 0.519. The van der Waals surface area contributed by atoms with Crippen LogP contribution in [0, 0.1) is 5.92 Å². The summed E-state index contributed by atoms with van der Waals surface area (Å²) >= 11 is 0. The van der Waals surface area contributed by atoms with Gasteiger partial charge in [0.05, 0.1) is 18.6 Å². The maximum atomic E-state index is 13.0. The maximum Gasteiger partial charge on any atom is 0.309 e. The molecule has 0 aliphatic carbocycles. The second kappa shape index (κ2) is 10.2. The van der Waals surface area contributed by atoms with Crippen LogP contribution in [0.1, 0.15) is 50.7 Å². The van der Waals surface area contributed by atoms with Gasteiger partial charge in [-0.15, -0.1) is 0 Å².